The molecule has 0 saturated carbocycles. The monoisotopic (exact) mass is 259 g/mol. The van der Waals surface area contributed by atoms with E-state index in [-0.39, 0.29) is 5.91 Å². The molecule has 0 unspecified atom stereocenters. The van der Waals surface area contributed by atoms with Crippen LogP contribution in [0.2, 0.25) is 0 Å². The quantitative estimate of drug-likeness (QED) is 0.913. The van der Waals surface area contributed by atoms with Crippen molar-refractivity contribution in [3.05, 3.63) is 29.6 Å². The molecule has 0 fully saturated rings. The third-order valence-corrected chi connectivity index (χ3v) is 3.32. The van der Waals surface area contributed by atoms with E-state index >= 15 is 0 Å². The van der Waals surface area contributed by atoms with Gasteiger partial charge in [0, 0.05) is 18.7 Å². The summed E-state index contributed by atoms with van der Waals surface area (Å²) in [7, 11) is 0. The third-order valence-electron chi connectivity index (χ3n) is 3.32. The number of aromatic nitrogens is 2. The van der Waals surface area contributed by atoms with E-state index in [9.17, 15) is 4.79 Å². The maximum Gasteiger partial charge on any atom is 0.251 e. The zero-order chi connectivity index (χ0) is 13.2. The fraction of sp³-hybridized carbons (Fsp3) is 0.429. The van der Waals surface area contributed by atoms with Crippen LogP contribution in [0, 0.1) is 0 Å². The molecule has 100 valence electrons. The summed E-state index contributed by atoms with van der Waals surface area (Å²) in [6.45, 7) is 4.83. The van der Waals surface area contributed by atoms with Crippen molar-refractivity contribution in [3.8, 4) is 0 Å². The van der Waals surface area contributed by atoms with Crippen LogP contribution >= 0.6 is 0 Å². The van der Waals surface area contributed by atoms with Gasteiger partial charge in [-0.3, -0.25) is 4.79 Å². The molecule has 0 aliphatic carbocycles. The Morgan fingerprint density at radius 2 is 2.42 bits per heavy atom. The van der Waals surface area contributed by atoms with E-state index in [1.54, 1.807) is 0 Å². The summed E-state index contributed by atoms with van der Waals surface area (Å²) in [5.74, 6) is 0.901. The maximum atomic E-state index is 11.9. The SMILES string of the molecule is CCCNC(=O)c1ccc2c(c1)nc1n2CCOC1. The largest absolute Gasteiger partial charge is 0.372 e. The number of rotatable bonds is 3. The topological polar surface area (TPSA) is 56.2 Å². The van der Waals surface area contributed by atoms with Gasteiger partial charge >= 0.3 is 0 Å². The van der Waals surface area contributed by atoms with Crippen LogP contribution in [0.1, 0.15) is 29.5 Å². The van der Waals surface area contributed by atoms with E-state index < -0.39 is 0 Å². The summed E-state index contributed by atoms with van der Waals surface area (Å²) in [6, 6.07) is 5.68. The van der Waals surface area contributed by atoms with Crippen LogP contribution in [-0.4, -0.2) is 28.6 Å². The third kappa shape index (κ3) is 2.21. The molecule has 2 aromatic rings. The average molecular weight is 259 g/mol. The predicted octanol–water partition coefficient (Wildman–Crippen LogP) is 1.71. The molecule has 3 rings (SSSR count). The number of carbonyl (C=O) groups is 1. The second kappa shape index (κ2) is 5.01. The van der Waals surface area contributed by atoms with Crippen molar-refractivity contribution >= 4 is 16.9 Å². The molecule has 19 heavy (non-hydrogen) atoms. The summed E-state index contributed by atoms with van der Waals surface area (Å²) in [4.78, 5) is 16.5. The number of fused-ring (bicyclic) bond motifs is 3. The van der Waals surface area contributed by atoms with Crippen LogP contribution < -0.4 is 5.32 Å². The standard InChI is InChI=1S/C14H17N3O2/c1-2-5-15-14(18)10-3-4-12-11(8-10)16-13-9-19-7-6-17(12)13/h3-4,8H,2,5-7,9H2,1H3,(H,15,18). The number of benzene rings is 1. The number of carbonyl (C=O) groups excluding carboxylic acids is 1. The minimum Gasteiger partial charge on any atom is -0.372 e. The molecular weight excluding hydrogens is 242 g/mol. The Morgan fingerprint density at radius 1 is 1.53 bits per heavy atom. The van der Waals surface area contributed by atoms with Crippen LogP contribution in [0.25, 0.3) is 11.0 Å². The Kier molecular flexibility index (Phi) is 3.21. The summed E-state index contributed by atoms with van der Waals surface area (Å²) in [6.07, 6.45) is 0.935. The van der Waals surface area contributed by atoms with Gasteiger partial charge in [0.05, 0.1) is 17.6 Å². The Bertz CT molecular complexity index is 618. The van der Waals surface area contributed by atoms with Gasteiger partial charge in [-0.2, -0.15) is 0 Å². The minimum atomic E-state index is -0.0361. The van der Waals surface area contributed by atoms with Gasteiger partial charge in [-0.25, -0.2) is 4.98 Å². The number of amides is 1. The Balaban J connectivity index is 1.95. The second-order valence-electron chi connectivity index (χ2n) is 4.69. The van der Waals surface area contributed by atoms with E-state index in [0.29, 0.717) is 18.7 Å². The number of nitrogens with zero attached hydrogens (tertiary/aromatic N) is 2. The molecule has 1 amide bonds. The molecule has 0 spiro atoms. The highest BCUT2D eigenvalue weighted by Crippen LogP contribution is 2.20. The second-order valence-corrected chi connectivity index (χ2v) is 4.69. The molecule has 0 saturated heterocycles. The van der Waals surface area contributed by atoms with Crippen LogP contribution in [0.5, 0.6) is 0 Å². The zero-order valence-corrected chi connectivity index (χ0v) is 11.0. The van der Waals surface area contributed by atoms with Gasteiger partial charge in [0.15, 0.2) is 0 Å². The van der Waals surface area contributed by atoms with Crippen molar-refractivity contribution in [2.45, 2.75) is 26.5 Å². The molecule has 1 N–H and O–H groups in total. The molecule has 5 nitrogen and oxygen atoms in total. The summed E-state index contributed by atoms with van der Waals surface area (Å²) in [5, 5.41) is 2.88. The Hall–Kier alpha value is -1.88. The first-order valence-corrected chi connectivity index (χ1v) is 6.64. The lowest BCUT2D eigenvalue weighted by atomic mass is 10.2. The van der Waals surface area contributed by atoms with Gasteiger partial charge in [0.1, 0.15) is 12.4 Å². The molecule has 1 aliphatic heterocycles. The molecule has 1 aromatic heterocycles. The van der Waals surface area contributed by atoms with Crippen molar-refractivity contribution in [1.82, 2.24) is 14.9 Å². The van der Waals surface area contributed by atoms with Crippen molar-refractivity contribution in [2.75, 3.05) is 13.2 Å². The highest BCUT2D eigenvalue weighted by Gasteiger charge is 2.16. The molecular formula is C14H17N3O2. The summed E-state index contributed by atoms with van der Waals surface area (Å²) >= 11 is 0. The van der Waals surface area contributed by atoms with E-state index in [1.807, 2.05) is 25.1 Å². The lowest BCUT2D eigenvalue weighted by Gasteiger charge is -2.14. The van der Waals surface area contributed by atoms with Crippen molar-refractivity contribution in [1.29, 1.82) is 0 Å². The van der Waals surface area contributed by atoms with Crippen LogP contribution in [-0.2, 0) is 17.9 Å². The van der Waals surface area contributed by atoms with Gasteiger partial charge in [-0.05, 0) is 24.6 Å². The minimum absolute atomic E-state index is 0.0361. The van der Waals surface area contributed by atoms with Gasteiger partial charge < -0.3 is 14.6 Å². The fourth-order valence-corrected chi connectivity index (χ4v) is 2.34. The highest BCUT2D eigenvalue weighted by molar-refractivity contribution is 5.97. The zero-order valence-electron chi connectivity index (χ0n) is 11.0. The van der Waals surface area contributed by atoms with Crippen molar-refractivity contribution in [3.63, 3.8) is 0 Å². The first-order valence-electron chi connectivity index (χ1n) is 6.64. The normalized spacial score (nSPS) is 14.4. The summed E-state index contributed by atoms with van der Waals surface area (Å²) < 4.78 is 7.55. The van der Waals surface area contributed by atoms with Gasteiger partial charge in [-0.15, -0.1) is 0 Å². The number of hydrogen-bond donors (Lipinski definition) is 1. The first kappa shape index (κ1) is 12.2. The molecule has 0 bridgehead atoms. The Labute approximate surface area is 111 Å². The number of hydrogen-bond acceptors (Lipinski definition) is 3. The van der Waals surface area contributed by atoms with E-state index in [2.05, 4.69) is 14.9 Å². The lowest BCUT2D eigenvalue weighted by molar-refractivity contribution is 0.0830. The molecule has 0 atom stereocenters. The molecule has 5 heteroatoms. The smallest absolute Gasteiger partial charge is 0.251 e. The van der Waals surface area contributed by atoms with Gasteiger partial charge in [0.2, 0.25) is 0 Å². The van der Waals surface area contributed by atoms with Crippen molar-refractivity contribution in [2.24, 2.45) is 0 Å². The number of ether oxygens (including phenoxy) is 1. The first-order chi connectivity index (χ1) is 9.29. The van der Waals surface area contributed by atoms with Gasteiger partial charge in [-0.1, -0.05) is 6.92 Å². The maximum absolute atomic E-state index is 11.9. The van der Waals surface area contributed by atoms with Crippen LogP contribution in [0.3, 0.4) is 0 Å². The molecule has 1 aromatic carbocycles. The van der Waals surface area contributed by atoms with Gasteiger partial charge in [0.25, 0.3) is 5.91 Å². The van der Waals surface area contributed by atoms with Crippen LogP contribution in [0.4, 0.5) is 0 Å². The van der Waals surface area contributed by atoms with E-state index in [1.165, 1.54) is 0 Å². The van der Waals surface area contributed by atoms with E-state index in [0.717, 1.165) is 36.4 Å². The van der Waals surface area contributed by atoms with E-state index in [4.69, 9.17) is 4.74 Å². The Morgan fingerprint density at radius 3 is 3.26 bits per heavy atom. The number of nitrogens with one attached hydrogen (secondary N) is 1. The van der Waals surface area contributed by atoms with Crippen LogP contribution in [0.15, 0.2) is 18.2 Å². The molecule has 2 heterocycles. The van der Waals surface area contributed by atoms with Crippen molar-refractivity contribution < 1.29 is 9.53 Å². The molecule has 0 radical (unpaired) electrons. The average Bonchev–Trinajstić information content (AvgIpc) is 2.82. The molecule has 1 aliphatic rings. The number of imidazole rings is 1. The predicted molar refractivity (Wildman–Crippen MR) is 72.0 cm³/mol. The lowest BCUT2D eigenvalue weighted by Crippen LogP contribution is -2.23. The summed E-state index contributed by atoms with van der Waals surface area (Å²) in [5.41, 5.74) is 2.60. The fourth-order valence-electron chi connectivity index (χ4n) is 2.34. The highest BCUT2D eigenvalue weighted by atomic mass is 16.5.